The fourth-order valence-corrected chi connectivity index (χ4v) is 7.24. The van der Waals surface area contributed by atoms with Crippen LogP contribution in [0.25, 0.3) is 101 Å². The normalized spacial score (nSPS) is 11.2. The molecular weight excluding hydrogens is 683 g/mol. The third-order valence-corrected chi connectivity index (χ3v) is 10.1. The smallest absolute Gasteiger partial charge is 0.164 e. The number of hydrogen-bond acceptors (Lipinski definition) is 5. The molecule has 0 bridgehead atoms. The Bertz CT molecular complexity index is 2940. The number of rotatable bonds is 7. The summed E-state index contributed by atoms with van der Waals surface area (Å²) in [6.07, 6.45) is 0. The molecule has 10 rings (SSSR count). The number of nitrogens with zero attached hydrogens (tertiary/aromatic N) is 5. The van der Waals surface area contributed by atoms with Crippen LogP contribution in [-0.2, 0) is 0 Å². The molecule has 0 N–H and O–H groups in total. The van der Waals surface area contributed by atoms with Crippen LogP contribution in [0, 0.1) is 0 Å². The third kappa shape index (κ3) is 6.48. The summed E-state index contributed by atoms with van der Waals surface area (Å²) >= 11 is 0. The van der Waals surface area contributed by atoms with Crippen LogP contribution in [0.2, 0.25) is 0 Å². The summed E-state index contributed by atoms with van der Waals surface area (Å²) in [5.41, 5.74) is 9.73. The Balaban J connectivity index is 1.02. The van der Waals surface area contributed by atoms with Crippen molar-refractivity contribution in [2.75, 3.05) is 0 Å². The van der Waals surface area contributed by atoms with E-state index in [1.807, 2.05) is 78.9 Å². The molecule has 0 atom stereocenters. The SMILES string of the molecule is c1ccc(-c2nc(-c3cccc(-c4ccc(-c5nc(-c6ccccc6)nc(-c6ccccc6)n5)cc4)c3)cc(-c3ccc4c(ccc5ccccc54)c3)n2)cc1. The molecule has 0 aliphatic rings. The van der Waals surface area contributed by atoms with Gasteiger partial charge in [-0.05, 0) is 50.9 Å². The predicted molar refractivity (Wildman–Crippen MR) is 228 cm³/mol. The maximum absolute atomic E-state index is 5.12. The molecule has 56 heavy (non-hydrogen) atoms. The van der Waals surface area contributed by atoms with Crippen LogP contribution in [0.4, 0.5) is 0 Å². The highest BCUT2D eigenvalue weighted by atomic mass is 15.0. The summed E-state index contributed by atoms with van der Waals surface area (Å²) in [6.45, 7) is 0. The van der Waals surface area contributed by atoms with E-state index in [0.717, 1.165) is 55.9 Å². The molecule has 2 aromatic heterocycles. The molecule has 0 saturated carbocycles. The molecule has 262 valence electrons. The first-order valence-electron chi connectivity index (χ1n) is 18.7. The largest absolute Gasteiger partial charge is 0.228 e. The Kier molecular flexibility index (Phi) is 8.43. The Morgan fingerprint density at radius 2 is 0.625 bits per heavy atom. The van der Waals surface area contributed by atoms with Gasteiger partial charge >= 0.3 is 0 Å². The molecule has 0 aliphatic carbocycles. The molecule has 0 unspecified atom stereocenters. The highest BCUT2D eigenvalue weighted by Crippen LogP contribution is 2.34. The second kappa shape index (κ2) is 14.3. The van der Waals surface area contributed by atoms with E-state index >= 15 is 0 Å². The average Bonchev–Trinajstić information content (AvgIpc) is 3.29. The van der Waals surface area contributed by atoms with Gasteiger partial charge in [0.15, 0.2) is 23.3 Å². The van der Waals surface area contributed by atoms with Crippen LogP contribution in [0.3, 0.4) is 0 Å². The molecule has 5 nitrogen and oxygen atoms in total. The van der Waals surface area contributed by atoms with Crippen molar-refractivity contribution in [3.63, 3.8) is 0 Å². The van der Waals surface area contributed by atoms with Gasteiger partial charge in [-0.15, -0.1) is 0 Å². The van der Waals surface area contributed by atoms with Gasteiger partial charge in [-0.2, -0.15) is 0 Å². The van der Waals surface area contributed by atoms with Crippen LogP contribution in [-0.4, -0.2) is 24.9 Å². The highest BCUT2D eigenvalue weighted by molar-refractivity contribution is 6.08. The van der Waals surface area contributed by atoms with Gasteiger partial charge in [0.2, 0.25) is 0 Å². The van der Waals surface area contributed by atoms with Crippen LogP contribution >= 0.6 is 0 Å². The van der Waals surface area contributed by atoms with Gasteiger partial charge in [0.1, 0.15) is 0 Å². The van der Waals surface area contributed by atoms with Crippen molar-refractivity contribution in [2.24, 2.45) is 0 Å². The lowest BCUT2D eigenvalue weighted by atomic mass is 9.98. The summed E-state index contributed by atoms with van der Waals surface area (Å²) < 4.78 is 0. The van der Waals surface area contributed by atoms with E-state index < -0.39 is 0 Å². The van der Waals surface area contributed by atoms with Crippen LogP contribution in [0.15, 0.2) is 200 Å². The maximum Gasteiger partial charge on any atom is 0.164 e. The summed E-state index contributed by atoms with van der Waals surface area (Å²) in [4.78, 5) is 24.9. The first kappa shape index (κ1) is 33.0. The van der Waals surface area contributed by atoms with Crippen molar-refractivity contribution in [3.05, 3.63) is 200 Å². The monoisotopic (exact) mass is 715 g/mol. The topological polar surface area (TPSA) is 64.5 Å². The van der Waals surface area contributed by atoms with E-state index in [0.29, 0.717) is 23.3 Å². The summed E-state index contributed by atoms with van der Waals surface area (Å²) in [7, 11) is 0. The molecule has 0 aliphatic heterocycles. The molecule has 0 fully saturated rings. The van der Waals surface area contributed by atoms with E-state index in [1.54, 1.807) is 0 Å². The standard InChI is InChI=1S/C51H33N5/c1-4-14-36(15-5-1)48-52-46(33-47(53-48)43-29-30-45-41(32-43)28-25-35-13-10-11-22-44(35)45)42-21-12-20-40(31-42)34-23-26-39(27-24-34)51-55-49(37-16-6-2-7-17-37)54-50(56-51)38-18-8-3-9-19-38/h1-33H. The van der Waals surface area contributed by atoms with Gasteiger partial charge in [-0.3, -0.25) is 0 Å². The molecule has 10 aromatic rings. The average molecular weight is 716 g/mol. The molecular formula is C51H33N5. The molecule has 0 spiro atoms. The molecule has 2 heterocycles. The molecule has 0 amide bonds. The lowest BCUT2D eigenvalue weighted by molar-refractivity contribution is 1.07. The number of hydrogen-bond donors (Lipinski definition) is 0. The second-order valence-corrected chi connectivity index (χ2v) is 13.7. The first-order chi connectivity index (χ1) is 27.7. The van der Waals surface area contributed by atoms with Gasteiger partial charge in [-0.1, -0.05) is 182 Å². The fraction of sp³-hybridized carbons (Fsp3) is 0. The van der Waals surface area contributed by atoms with E-state index in [2.05, 4.69) is 121 Å². The van der Waals surface area contributed by atoms with Crippen molar-refractivity contribution in [1.82, 2.24) is 24.9 Å². The van der Waals surface area contributed by atoms with Gasteiger partial charge in [0.25, 0.3) is 0 Å². The minimum atomic E-state index is 0.627. The van der Waals surface area contributed by atoms with Gasteiger partial charge in [0.05, 0.1) is 11.4 Å². The summed E-state index contributed by atoms with van der Waals surface area (Å²) in [5.74, 6) is 2.60. The van der Waals surface area contributed by atoms with Gasteiger partial charge in [-0.25, -0.2) is 24.9 Å². The van der Waals surface area contributed by atoms with E-state index in [4.69, 9.17) is 24.9 Å². The zero-order valence-corrected chi connectivity index (χ0v) is 30.3. The first-order valence-corrected chi connectivity index (χ1v) is 18.7. The highest BCUT2D eigenvalue weighted by Gasteiger charge is 2.15. The van der Waals surface area contributed by atoms with Crippen molar-refractivity contribution >= 4 is 21.5 Å². The number of benzene rings is 8. The van der Waals surface area contributed by atoms with Crippen molar-refractivity contribution < 1.29 is 0 Å². The minimum absolute atomic E-state index is 0.627. The van der Waals surface area contributed by atoms with E-state index in [1.165, 1.54) is 21.5 Å². The summed E-state index contributed by atoms with van der Waals surface area (Å²) in [6, 6.07) is 68.9. The van der Waals surface area contributed by atoms with Gasteiger partial charge in [0, 0.05) is 33.4 Å². The molecule has 5 heteroatoms. The van der Waals surface area contributed by atoms with E-state index in [9.17, 15) is 0 Å². The Morgan fingerprint density at radius 1 is 0.214 bits per heavy atom. The maximum atomic E-state index is 5.12. The summed E-state index contributed by atoms with van der Waals surface area (Å²) in [5, 5.41) is 4.89. The molecule has 8 aromatic carbocycles. The third-order valence-electron chi connectivity index (χ3n) is 10.1. The fourth-order valence-electron chi connectivity index (χ4n) is 7.24. The lowest BCUT2D eigenvalue weighted by Crippen LogP contribution is -2.00. The van der Waals surface area contributed by atoms with Crippen molar-refractivity contribution in [3.8, 4) is 79.2 Å². The zero-order chi connectivity index (χ0) is 37.3. The predicted octanol–water partition coefficient (Wildman–Crippen LogP) is 12.6. The lowest BCUT2D eigenvalue weighted by Gasteiger charge is -2.12. The van der Waals surface area contributed by atoms with Gasteiger partial charge < -0.3 is 0 Å². The Morgan fingerprint density at radius 3 is 1.23 bits per heavy atom. The zero-order valence-electron chi connectivity index (χ0n) is 30.3. The van der Waals surface area contributed by atoms with Crippen molar-refractivity contribution in [1.29, 1.82) is 0 Å². The molecule has 0 radical (unpaired) electrons. The van der Waals surface area contributed by atoms with E-state index in [-0.39, 0.29) is 0 Å². The second-order valence-electron chi connectivity index (χ2n) is 13.7. The number of aromatic nitrogens is 5. The quantitative estimate of drug-likeness (QED) is 0.154. The van der Waals surface area contributed by atoms with Crippen LogP contribution in [0.1, 0.15) is 0 Å². The Hall–Kier alpha value is -7.63. The molecule has 0 saturated heterocycles. The van der Waals surface area contributed by atoms with Crippen LogP contribution in [0.5, 0.6) is 0 Å². The van der Waals surface area contributed by atoms with Crippen molar-refractivity contribution in [2.45, 2.75) is 0 Å². The van der Waals surface area contributed by atoms with Crippen LogP contribution < -0.4 is 0 Å². The minimum Gasteiger partial charge on any atom is -0.228 e. The number of fused-ring (bicyclic) bond motifs is 3. The Labute approximate surface area is 324 Å².